The van der Waals surface area contributed by atoms with Gasteiger partial charge in [0.25, 0.3) is 5.56 Å². The van der Waals surface area contributed by atoms with E-state index in [1.54, 1.807) is 33.2 Å². The SMILES string of the molecule is CN=CC(=CN)c1cc2c(cn1)cc(-c1c(F)c(OC)cc(OC)c1F)c(=O)n2C(C)C. The van der Waals surface area contributed by atoms with Crippen molar-refractivity contribution in [2.24, 2.45) is 10.7 Å². The summed E-state index contributed by atoms with van der Waals surface area (Å²) >= 11 is 0. The zero-order chi connectivity index (χ0) is 23.6. The van der Waals surface area contributed by atoms with Gasteiger partial charge in [-0.15, -0.1) is 0 Å². The summed E-state index contributed by atoms with van der Waals surface area (Å²) in [6.45, 7) is 3.60. The molecule has 0 saturated heterocycles. The molecule has 2 N–H and O–H groups in total. The fourth-order valence-electron chi connectivity index (χ4n) is 3.54. The van der Waals surface area contributed by atoms with Crippen LogP contribution in [0.2, 0.25) is 0 Å². The summed E-state index contributed by atoms with van der Waals surface area (Å²) in [6.07, 6.45) is 4.43. The Hall–Kier alpha value is -3.75. The molecule has 32 heavy (non-hydrogen) atoms. The number of pyridine rings is 2. The first-order valence-corrected chi connectivity index (χ1v) is 9.79. The molecule has 0 atom stereocenters. The smallest absolute Gasteiger partial charge is 0.259 e. The van der Waals surface area contributed by atoms with Crippen LogP contribution in [0.3, 0.4) is 0 Å². The molecule has 0 fully saturated rings. The van der Waals surface area contributed by atoms with Gasteiger partial charge in [0.2, 0.25) is 0 Å². The molecule has 168 valence electrons. The van der Waals surface area contributed by atoms with E-state index in [1.165, 1.54) is 37.2 Å². The molecule has 9 heteroatoms. The fourth-order valence-corrected chi connectivity index (χ4v) is 3.54. The molecule has 0 unspecified atom stereocenters. The van der Waals surface area contributed by atoms with Crippen molar-refractivity contribution in [1.29, 1.82) is 0 Å². The van der Waals surface area contributed by atoms with E-state index in [1.807, 2.05) is 0 Å². The summed E-state index contributed by atoms with van der Waals surface area (Å²) in [6, 6.07) is 3.89. The maximum absolute atomic E-state index is 15.1. The van der Waals surface area contributed by atoms with Crippen molar-refractivity contribution < 1.29 is 18.3 Å². The number of hydrogen-bond donors (Lipinski definition) is 1. The van der Waals surface area contributed by atoms with E-state index < -0.39 is 22.8 Å². The number of halogens is 2. The quantitative estimate of drug-likeness (QED) is 0.584. The van der Waals surface area contributed by atoms with Crippen molar-refractivity contribution in [3.8, 4) is 22.6 Å². The number of benzene rings is 1. The van der Waals surface area contributed by atoms with Gasteiger partial charge in [0.1, 0.15) is 0 Å². The third-order valence-corrected chi connectivity index (χ3v) is 5.02. The van der Waals surface area contributed by atoms with Gasteiger partial charge in [-0.1, -0.05) is 0 Å². The number of aromatic nitrogens is 2. The van der Waals surface area contributed by atoms with Gasteiger partial charge in [0, 0.05) is 48.7 Å². The minimum Gasteiger partial charge on any atom is -0.494 e. The number of nitrogens with two attached hydrogens (primary N) is 1. The first-order valence-electron chi connectivity index (χ1n) is 9.79. The maximum atomic E-state index is 15.1. The lowest BCUT2D eigenvalue weighted by molar-refractivity contribution is 0.359. The molecule has 0 aliphatic rings. The standard InChI is InChI=1S/C23H24F2N4O3/c1-12(2)29-17-7-16(14(9-26)10-27-3)28-11-13(17)6-15(23(29)30)20-21(24)18(31-4)8-19(32-5)22(20)25/h6-12H,26H2,1-5H3. The maximum Gasteiger partial charge on any atom is 0.259 e. The Kier molecular flexibility index (Phi) is 6.57. The van der Waals surface area contributed by atoms with Gasteiger partial charge in [-0.05, 0) is 26.0 Å². The van der Waals surface area contributed by atoms with Crippen LogP contribution in [0.15, 0.2) is 40.4 Å². The van der Waals surface area contributed by atoms with Gasteiger partial charge in [-0.2, -0.15) is 0 Å². The van der Waals surface area contributed by atoms with E-state index in [-0.39, 0.29) is 23.1 Å². The highest BCUT2D eigenvalue weighted by molar-refractivity contribution is 6.09. The number of aliphatic imine (C=N–C) groups is 1. The van der Waals surface area contributed by atoms with Crippen LogP contribution in [0.4, 0.5) is 8.78 Å². The monoisotopic (exact) mass is 442 g/mol. The molecule has 0 saturated carbocycles. The van der Waals surface area contributed by atoms with Gasteiger partial charge < -0.3 is 19.8 Å². The molecule has 0 radical (unpaired) electrons. The number of allylic oxidation sites excluding steroid dienone is 1. The first kappa shape index (κ1) is 22.9. The Morgan fingerprint density at radius 1 is 1.16 bits per heavy atom. The van der Waals surface area contributed by atoms with Crippen LogP contribution in [0, 0.1) is 11.6 Å². The molecule has 0 spiro atoms. The Labute approximate surface area is 183 Å². The molecular formula is C23H24F2N4O3. The number of ether oxygens (including phenoxy) is 2. The number of methoxy groups -OCH3 is 2. The first-order chi connectivity index (χ1) is 15.3. The Morgan fingerprint density at radius 3 is 2.28 bits per heavy atom. The average molecular weight is 442 g/mol. The third kappa shape index (κ3) is 3.81. The highest BCUT2D eigenvalue weighted by Crippen LogP contribution is 2.37. The van der Waals surface area contributed by atoms with Crippen molar-refractivity contribution in [3.63, 3.8) is 0 Å². The van der Waals surface area contributed by atoms with E-state index in [9.17, 15) is 4.79 Å². The largest absolute Gasteiger partial charge is 0.494 e. The number of nitrogens with zero attached hydrogens (tertiary/aromatic N) is 3. The third-order valence-electron chi connectivity index (χ3n) is 5.02. The van der Waals surface area contributed by atoms with Crippen molar-refractivity contribution in [1.82, 2.24) is 9.55 Å². The summed E-state index contributed by atoms with van der Waals surface area (Å²) in [7, 11) is 4.10. The second-order valence-corrected chi connectivity index (χ2v) is 7.25. The lowest BCUT2D eigenvalue weighted by Crippen LogP contribution is -2.25. The molecular weight excluding hydrogens is 418 g/mol. The summed E-state index contributed by atoms with van der Waals surface area (Å²) in [5.74, 6) is -2.46. The molecule has 2 heterocycles. The molecule has 0 bridgehead atoms. The topological polar surface area (TPSA) is 91.7 Å². The van der Waals surface area contributed by atoms with Crippen molar-refractivity contribution in [2.75, 3.05) is 21.3 Å². The highest BCUT2D eigenvalue weighted by Gasteiger charge is 2.25. The lowest BCUT2D eigenvalue weighted by Gasteiger charge is -2.18. The highest BCUT2D eigenvalue weighted by atomic mass is 19.1. The van der Waals surface area contributed by atoms with Crippen LogP contribution in [-0.4, -0.2) is 37.0 Å². The zero-order valence-corrected chi connectivity index (χ0v) is 18.4. The Bertz CT molecular complexity index is 1270. The van der Waals surface area contributed by atoms with Gasteiger partial charge in [-0.25, -0.2) is 8.78 Å². The van der Waals surface area contributed by atoms with Crippen LogP contribution >= 0.6 is 0 Å². The molecule has 7 nitrogen and oxygen atoms in total. The minimum absolute atomic E-state index is 0.169. The van der Waals surface area contributed by atoms with E-state index in [0.717, 1.165) is 6.07 Å². The fraction of sp³-hybridized carbons (Fsp3) is 0.261. The van der Waals surface area contributed by atoms with Gasteiger partial charge >= 0.3 is 0 Å². The van der Waals surface area contributed by atoms with E-state index in [0.29, 0.717) is 22.2 Å². The van der Waals surface area contributed by atoms with Crippen LogP contribution in [0.5, 0.6) is 11.5 Å². The average Bonchev–Trinajstić information content (AvgIpc) is 2.77. The van der Waals surface area contributed by atoms with Crippen molar-refractivity contribution >= 4 is 22.7 Å². The Morgan fingerprint density at radius 2 is 1.78 bits per heavy atom. The van der Waals surface area contributed by atoms with Crippen LogP contribution in [0.25, 0.3) is 27.6 Å². The molecule has 0 aliphatic heterocycles. The van der Waals surface area contributed by atoms with E-state index in [4.69, 9.17) is 15.2 Å². The van der Waals surface area contributed by atoms with Crippen molar-refractivity contribution in [3.05, 3.63) is 58.3 Å². The Balaban J connectivity index is 2.42. The van der Waals surface area contributed by atoms with Gasteiger partial charge in [0.05, 0.1) is 36.6 Å². The predicted molar refractivity (Wildman–Crippen MR) is 121 cm³/mol. The summed E-state index contributed by atoms with van der Waals surface area (Å²) in [5.41, 5.74) is 6.04. The second kappa shape index (κ2) is 9.17. The van der Waals surface area contributed by atoms with Crippen LogP contribution in [0.1, 0.15) is 25.6 Å². The summed E-state index contributed by atoms with van der Waals surface area (Å²) in [4.78, 5) is 21.8. The van der Waals surface area contributed by atoms with Gasteiger partial charge in [-0.3, -0.25) is 14.8 Å². The van der Waals surface area contributed by atoms with Gasteiger partial charge in [0.15, 0.2) is 23.1 Å². The molecule has 0 aliphatic carbocycles. The van der Waals surface area contributed by atoms with Crippen LogP contribution < -0.4 is 20.8 Å². The molecule has 2 aromatic heterocycles. The second-order valence-electron chi connectivity index (χ2n) is 7.25. The minimum atomic E-state index is -0.991. The van der Waals surface area contributed by atoms with E-state index in [2.05, 4.69) is 9.98 Å². The summed E-state index contributed by atoms with van der Waals surface area (Å²) < 4.78 is 41.7. The number of fused-ring (bicyclic) bond motifs is 1. The van der Waals surface area contributed by atoms with Crippen molar-refractivity contribution in [2.45, 2.75) is 19.9 Å². The normalized spacial score (nSPS) is 12.2. The molecule has 3 rings (SSSR count). The molecule has 1 aromatic carbocycles. The summed E-state index contributed by atoms with van der Waals surface area (Å²) in [5, 5.41) is 0.516. The number of hydrogen-bond acceptors (Lipinski definition) is 6. The predicted octanol–water partition coefficient (Wildman–Crippen LogP) is 3.94. The number of rotatable bonds is 6. The molecule has 3 aromatic rings. The zero-order valence-electron chi connectivity index (χ0n) is 18.4. The van der Waals surface area contributed by atoms with Crippen LogP contribution in [-0.2, 0) is 0 Å². The lowest BCUT2D eigenvalue weighted by atomic mass is 10.0. The van der Waals surface area contributed by atoms with E-state index >= 15 is 8.78 Å². The molecule has 0 amide bonds.